The SMILES string of the molecule is CC[C+](CC)c1ccc(Cl)cc1. The van der Waals surface area contributed by atoms with Gasteiger partial charge in [-0.15, -0.1) is 0 Å². The second-order valence-corrected chi connectivity index (χ2v) is 3.25. The van der Waals surface area contributed by atoms with E-state index in [9.17, 15) is 0 Å². The summed E-state index contributed by atoms with van der Waals surface area (Å²) >= 11 is 5.79. The number of benzene rings is 1. The van der Waals surface area contributed by atoms with Crippen LogP contribution >= 0.6 is 11.6 Å². The first-order chi connectivity index (χ1) is 5.77. The molecule has 1 aromatic rings. The van der Waals surface area contributed by atoms with Gasteiger partial charge in [0, 0.05) is 43.0 Å². The highest BCUT2D eigenvalue weighted by Crippen LogP contribution is 2.22. The van der Waals surface area contributed by atoms with Crippen LogP contribution in [0.25, 0.3) is 0 Å². The first-order valence-corrected chi connectivity index (χ1v) is 4.76. The van der Waals surface area contributed by atoms with E-state index in [0.717, 1.165) is 17.9 Å². The van der Waals surface area contributed by atoms with Gasteiger partial charge in [0.15, 0.2) is 0 Å². The summed E-state index contributed by atoms with van der Waals surface area (Å²) in [7, 11) is 0. The fourth-order valence-corrected chi connectivity index (χ4v) is 1.47. The molecule has 0 N–H and O–H groups in total. The van der Waals surface area contributed by atoms with E-state index in [0.29, 0.717) is 0 Å². The van der Waals surface area contributed by atoms with Crippen LogP contribution in [0.5, 0.6) is 0 Å². The average Bonchev–Trinajstić information content (AvgIpc) is 2.10. The highest BCUT2D eigenvalue weighted by Gasteiger charge is 2.13. The van der Waals surface area contributed by atoms with Crippen LogP contribution in [0.15, 0.2) is 24.3 Å². The number of hydrogen-bond acceptors (Lipinski definition) is 0. The lowest BCUT2D eigenvalue weighted by atomic mass is 9.94. The van der Waals surface area contributed by atoms with E-state index in [1.165, 1.54) is 11.5 Å². The Morgan fingerprint density at radius 3 is 2.00 bits per heavy atom. The first-order valence-electron chi connectivity index (χ1n) is 4.38. The zero-order valence-corrected chi connectivity index (χ0v) is 8.36. The molecule has 1 aromatic carbocycles. The Bertz CT molecular complexity index is 221. The molecule has 1 heteroatoms. The Hall–Kier alpha value is -0.620. The molecule has 64 valence electrons. The molecule has 0 nitrogen and oxygen atoms in total. The molecule has 0 spiro atoms. The summed E-state index contributed by atoms with van der Waals surface area (Å²) in [5, 5.41) is 0.810. The second-order valence-electron chi connectivity index (χ2n) is 2.82. The monoisotopic (exact) mass is 181 g/mol. The summed E-state index contributed by atoms with van der Waals surface area (Å²) in [5.41, 5.74) is 1.32. The molecule has 0 saturated heterocycles. The molecule has 0 radical (unpaired) electrons. The van der Waals surface area contributed by atoms with Crippen molar-refractivity contribution in [3.63, 3.8) is 0 Å². The summed E-state index contributed by atoms with van der Waals surface area (Å²) in [6, 6.07) is 8.07. The molecule has 1 rings (SSSR count). The van der Waals surface area contributed by atoms with E-state index < -0.39 is 0 Å². The van der Waals surface area contributed by atoms with Crippen molar-refractivity contribution in [2.45, 2.75) is 26.7 Å². The van der Waals surface area contributed by atoms with Crippen LogP contribution in [0, 0.1) is 5.92 Å². The van der Waals surface area contributed by atoms with Gasteiger partial charge in [-0.05, 0) is 13.8 Å². The van der Waals surface area contributed by atoms with Crippen molar-refractivity contribution >= 4 is 11.6 Å². The lowest BCUT2D eigenvalue weighted by Crippen LogP contribution is -1.95. The minimum absolute atomic E-state index is 0.810. The lowest BCUT2D eigenvalue weighted by molar-refractivity contribution is 0.850. The van der Waals surface area contributed by atoms with Crippen LogP contribution in [-0.4, -0.2) is 0 Å². The first kappa shape index (κ1) is 9.47. The van der Waals surface area contributed by atoms with Gasteiger partial charge in [-0.3, -0.25) is 0 Å². The molecular weight excluding hydrogens is 168 g/mol. The molecule has 0 aromatic heterocycles. The van der Waals surface area contributed by atoms with Crippen LogP contribution in [0.3, 0.4) is 0 Å². The fraction of sp³-hybridized carbons (Fsp3) is 0.364. The van der Waals surface area contributed by atoms with Crippen molar-refractivity contribution < 1.29 is 0 Å². The fourth-order valence-electron chi connectivity index (χ4n) is 1.34. The van der Waals surface area contributed by atoms with E-state index in [-0.39, 0.29) is 0 Å². The minimum Gasteiger partial charge on any atom is -0.0818 e. The molecule has 0 heterocycles. The molecule has 0 aliphatic heterocycles. The number of halogens is 1. The van der Waals surface area contributed by atoms with Gasteiger partial charge < -0.3 is 0 Å². The van der Waals surface area contributed by atoms with Gasteiger partial charge in [0.1, 0.15) is 5.56 Å². The summed E-state index contributed by atoms with van der Waals surface area (Å²) in [6.45, 7) is 4.38. The van der Waals surface area contributed by atoms with Crippen LogP contribution in [0.1, 0.15) is 32.3 Å². The van der Waals surface area contributed by atoms with Crippen LogP contribution < -0.4 is 0 Å². The lowest BCUT2D eigenvalue weighted by Gasteiger charge is -2.03. The largest absolute Gasteiger partial charge is 0.132 e. The maximum atomic E-state index is 5.79. The molecule has 0 aliphatic rings. The van der Waals surface area contributed by atoms with Crippen LogP contribution in [0.4, 0.5) is 0 Å². The molecule has 0 saturated carbocycles. The van der Waals surface area contributed by atoms with Crippen LogP contribution in [0.2, 0.25) is 5.02 Å². The molecule has 12 heavy (non-hydrogen) atoms. The predicted molar refractivity (Wildman–Crippen MR) is 54.4 cm³/mol. The maximum Gasteiger partial charge on any atom is 0.132 e. The van der Waals surface area contributed by atoms with Gasteiger partial charge in [0.05, 0.1) is 5.02 Å². The van der Waals surface area contributed by atoms with Gasteiger partial charge in [0.2, 0.25) is 0 Å². The molecule has 0 unspecified atom stereocenters. The standard InChI is InChI=1S/C11H14Cl/c1-3-9(4-2)10-5-7-11(12)8-6-10/h5-8H,3-4H2,1-2H3/q+1. The maximum absolute atomic E-state index is 5.79. The van der Waals surface area contributed by atoms with E-state index in [1.54, 1.807) is 0 Å². The van der Waals surface area contributed by atoms with Gasteiger partial charge in [-0.25, -0.2) is 0 Å². The molecule has 0 amide bonds. The Kier molecular flexibility index (Phi) is 3.48. The normalized spacial score (nSPS) is 9.92. The Labute approximate surface area is 79.6 Å². The Balaban J connectivity index is 2.80. The summed E-state index contributed by atoms with van der Waals surface area (Å²) in [4.78, 5) is 0. The topological polar surface area (TPSA) is 0 Å². The van der Waals surface area contributed by atoms with Crippen molar-refractivity contribution in [2.24, 2.45) is 0 Å². The summed E-state index contributed by atoms with van der Waals surface area (Å²) < 4.78 is 0. The number of hydrogen-bond donors (Lipinski definition) is 0. The van der Waals surface area contributed by atoms with Crippen molar-refractivity contribution in [2.75, 3.05) is 0 Å². The van der Waals surface area contributed by atoms with Gasteiger partial charge in [-0.1, -0.05) is 11.6 Å². The van der Waals surface area contributed by atoms with Crippen LogP contribution in [-0.2, 0) is 0 Å². The van der Waals surface area contributed by atoms with E-state index in [1.807, 2.05) is 12.1 Å². The zero-order chi connectivity index (χ0) is 8.97. The molecule has 0 atom stereocenters. The van der Waals surface area contributed by atoms with Crippen molar-refractivity contribution in [1.29, 1.82) is 0 Å². The number of rotatable bonds is 3. The van der Waals surface area contributed by atoms with Crippen molar-refractivity contribution in [3.05, 3.63) is 40.8 Å². The second kappa shape index (κ2) is 4.42. The van der Waals surface area contributed by atoms with E-state index >= 15 is 0 Å². The molecule has 0 fully saturated rings. The van der Waals surface area contributed by atoms with Gasteiger partial charge >= 0.3 is 0 Å². The minimum atomic E-state index is 0.810. The highest BCUT2D eigenvalue weighted by atomic mass is 35.5. The third-order valence-electron chi connectivity index (χ3n) is 2.11. The van der Waals surface area contributed by atoms with Crippen molar-refractivity contribution in [3.8, 4) is 0 Å². The van der Waals surface area contributed by atoms with Crippen molar-refractivity contribution in [1.82, 2.24) is 0 Å². The third-order valence-corrected chi connectivity index (χ3v) is 2.36. The van der Waals surface area contributed by atoms with Gasteiger partial charge in [0.25, 0.3) is 0 Å². The Morgan fingerprint density at radius 1 is 1.08 bits per heavy atom. The molecule has 0 aliphatic carbocycles. The predicted octanol–water partition coefficient (Wildman–Crippen LogP) is 4.08. The molecular formula is C11H14Cl+. The zero-order valence-electron chi connectivity index (χ0n) is 7.60. The molecule has 0 bridgehead atoms. The smallest absolute Gasteiger partial charge is 0.0818 e. The van der Waals surface area contributed by atoms with Gasteiger partial charge in [-0.2, -0.15) is 0 Å². The Morgan fingerprint density at radius 2 is 1.58 bits per heavy atom. The van der Waals surface area contributed by atoms with E-state index in [2.05, 4.69) is 26.0 Å². The van der Waals surface area contributed by atoms with E-state index in [4.69, 9.17) is 11.6 Å². The summed E-state index contributed by atoms with van der Waals surface area (Å²) in [6.07, 6.45) is 2.25. The third kappa shape index (κ3) is 2.18. The average molecular weight is 182 g/mol. The quantitative estimate of drug-likeness (QED) is 0.617. The highest BCUT2D eigenvalue weighted by molar-refractivity contribution is 6.30. The summed E-state index contributed by atoms with van der Waals surface area (Å²) in [5.74, 6) is 1.49.